The third-order valence-electron chi connectivity index (χ3n) is 2.47. The second kappa shape index (κ2) is 5.64. The van der Waals surface area contributed by atoms with Crippen LogP contribution in [0.1, 0.15) is 15.9 Å². The zero-order valence-electron chi connectivity index (χ0n) is 9.19. The van der Waals surface area contributed by atoms with Crippen LogP contribution in [0.4, 0.5) is 5.69 Å². The average Bonchev–Trinajstić information content (AvgIpc) is 2.38. The van der Waals surface area contributed by atoms with Crippen molar-refractivity contribution in [3.8, 4) is 0 Å². The van der Waals surface area contributed by atoms with Gasteiger partial charge in [0.2, 0.25) is 0 Å². The van der Waals surface area contributed by atoms with Crippen molar-refractivity contribution in [2.24, 2.45) is 0 Å². The molecule has 1 N–H and O–H groups in total. The Bertz CT molecular complexity index is 511. The Balaban J connectivity index is 2.05. The Morgan fingerprint density at radius 2 is 1.88 bits per heavy atom. The van der Waals surface area contributed by atoms with Crippen LogP contribution in [0.15, 0.2) is 53.0 Å². The number of nitrogens with one attached hydrogen (secondary N) is 1. The fraction of sp³-hybridized carbons (Fsp3) is 0.0714. The summed E-state index contributed by atoms with van der Waals surface area (Å²) in [5, 5.41) is 3.31. The van der Waals surface area contributed by atoms with E-state index in [2.05, 4.69) is 33.4 Å². The minimum Gasteiger partial charge on any atom is -0.381 e. The first-order valence-electron chi connectivity index (χ1n) is 5.32. The van der Waals surface area contributed by atoms with Gasteiger partial charge in [-0.05, 0) is 39.7 Å². The highest BCUT2D eigenvalue weighted by Crippen LogP contribution is 2.20. The highest BCUT2D eigenvalue weighted by Gasteiger charge is 2.00. The molecule has 0 aliphatic heterocycles. The standard InChI is InChI=1S/C14H12BrNO/c15-14-8-13(7-6-12(14)10-17)16-9-11-4-2-1-3-5-11/h1-8,10,16H,9H2. The van der Waals surface area contributed by atoms with E-state index >= 15 is 0 Å². The second-order valence-corrected chi connectivity index (χ2v) is 4.55. The van der Waals surface area contributed by atoms with Crippen LogP contribution in [0.3, 0.4) is 0 Å². The van der Waals surface area contributed by atoms with Crippen molar-refractivity contribution in [2.45, 2.75) is 6.54 Å². The van der Waals surface area contributed by atoms with Crippen LogP contribution in [-0.2, 0) is 6.54 Å². The molecular weight excluding hydrogens is 278 g/mol. The Kier molecular flexibility index (Phi) is 3.94. The molecule has 2 rings (SSSR count). The van der Waals surface area contributed by atoms with Crippen LogP contribution in [0, 0.1) is 0 Å². The normalized spacial score (nSPS) is 9.94. The summed E-state index contributed by atoms with van der Waals surface area (Å²) in [6.07, 6.45) is 0.838. The summed E-state index contributed by atoms with van der Waals surface area (Å²) in [4.78, 5) is 10.7. The molecule has 0 fully saturated rings. The average molecular weight is 290 g/mol. The lowest BCUT2D eigenvalue weighted by Crippen LogP contribution is -1.99. The van der Waals surface area contributed by atoms with Gasteiger partial charge in [0.1, 0.15) is 0 Å². The molecule has 0 saturated carbocycles. The number of hydrogen-bond acceptors (Lipinski definition) is 2. The topological polar surface area (TPSA) is 29.1 Å². The number of carbonyl (C=O) groups excluding carboxylic acids is 1. The zero-order valence-corrected chi connectivity index (χ0v) is 10.8. The fourth-order valence-corrected chi connectivity index (χ4v) is 2.00. The van der Waals surface area contributed by atoms with Crippen LogP contribution < -0.4 is 5.32 Å². The van der Waals surface area contributed by atoms with E-state index in [-0.39, 0.29) is 0 Å². The summed E-state index contributed by atoms with van der Waals surface area (Å²) >= 11 is 3.36. The van der Waals surface area contributed by atoms with Gasteiger partial charge in [-0.2, -0.15) is 0 Å². The number of rotatable bonds is 4. The van der Waals surface area contributed by atoms with Crippen LogP contribution in [0.2, 0.25) is 0 Å². The van der Waals surface area contributed by atoms with Gasteiger partial charge in [0.15, 0.2) is 6.29 Å². The maximum Gasteiger partial charge on any atom is 0.151 e. The van der Waals surface area contributed by atoms with Crippen molar-refractivity contribution >= 4 is 27.9 Å². The van der Waals surface area contributed by atoms with E-state index < -0.39 is 0 Å². The highest BCUT2D eigenvalue weighted by atomic mass is 79.9. The van der Waals surface area contributed by atoms with Crippen molar-refractivity contribution in [3.63, 3.8) is 0 Å². The van der Waals surface area contributed by atoms with Gasteiger partial charge in [-0.15, -0.1) is 0 Å². The van der Waals surface area contributed by atoms with Crippen molar-refractivity contribution in [3.05, 3.63) is 64.1 Å². The van der Waals surface area contributed by atoms with Crippen LogP contribution in [0.5, 0.6) is 0 Å². The molecule has 0 atom stereocenters. The number of anilines is 1. The van der Waals surface area contributed by atoms with E-state index in [1.807, 2.05) is 30.3 Å². The lowest BCUT2D eigenvalue weighted by Gasteiger charge is -2.07. The SMILES string of the molecule is O=Cc1ccc(NCc2ccccc2)cc1Br. The molecule has 0 saturated heterocycles. The maximum atomic E-state index is 10.7. The van der Waals surface area contributed by atoms with Gasteiger partial charge in [0.25, 0.3) is 0 Å². The molecule has 0 spiro atoms. The molecule has 0 unspecified atom stereocenters. The molecule has 2 aromatic carbocycles. The van der Waals surface area contributed by atoms with Crippen LogP contribution in [0.25, 0.3) is 0 Å². The van der Waals surface area contributed by atoms with Crippen molar-refractivity contribution < 1.29 is 4.79 Å². The predicted octanol–water partition coefficient (Wildman–Crippen LogP) is 3.87. The van der Waals surface area contributed by atoms with Crippen molar-refractivity contribution in [1.82, 2.24) is 0 Å². The maximum absolute atomic E-state index is 10.7. The zero-order chi connectivity index (χ0) is 12.1. The van der Waals surface area contributed by atoms with Crippen molar-refractivity contribution in [2.75, 3.05) is 5.32 Å². The summed E-state index contributed by atoms with van der Waals surface area (Å²) < 4.78 is 0.811. The fourth-order valence-electron chi connectivity index (χ4n) is 1.53. The first kappa shape index (κ1) is 11.9. The van der Waals surface area contributed by atoms with E-state index in [4.69, 9.17) is 0 Å². The molecule has 0 amide bonds. The molecule has 17 heavy (non-hydrogen) atoms. The molecule has 0 aliphatic carbocycles. The van der Waals surface area contributed by atoms with Gasteiger partial charge < -0.3 is 5.32 Å². The number of hydrogen-bond donors (Lipinski definition) is 1. The van der Waals surface area contributed by atoms with E-state index in [9.17, 15) is 4.79 Å². The predicted molar refractivity (Wildman–Crippen MR) is 73.3 cm³/mol. The number of benzene rings is 2. The monoisotopic (exact) mass is 289 g/mol. The molecule has 2 nitrogen and oxygen atoms in total. The van der Waals surface area contributed by atoms with E-state index in [1.54, 1.807) is 6.07 Å². The largest absolute Gasteiger partial charge is 0.381 e. The van der Waals surface area contributed by atoms with Crippen LogP contribution in [-0.4, -0.2) is 6.29 Å². The summed E-state index contributed by atoms with van der Waals surface area (Å²) in [5.41, 5.74) is 2.88. The Hall–Kier alpha value is -1.61. The van der Waals surface area contributed by atoms with Gasteiger partial charge in [-0.25, -0.2) is 0 Å². The van der Waals surface area contributed by atoms with Crippen molar-refractivity contribution in [1.29, 1.82) is 0 Å². The molecule has 0 aromatic heterocycles. The molecular formula is C14H12BrNO. The molecule has 0 bridgehead atoms. The van der Waals surface area contributed by atoms with E-state index in [0.29, 0.717) is 5.56 Å². The molecule has 0 aliphatic rings. The molecule has 2 aromatic rings. The molecule has 0 radical (unpaired) electrons. The molecule has 86 valence electrons. The highest BCUT2D eigenvalue weighted by molar-refractivity contribution is 9.10. The third kappa shape index (κ3) is 3.17. The molecule has 3 heteroatoms. The van der Waals surface area contributed by atoms with Gasteiger partial charge >= 0.3 is 0 Å². The van der Waals surface area contributed by atoms with Gasteiger partial charge in [-0.3, -0.25) is 4.79 Å². The first-order valence-corrected chi connectivity index (χ1v) is 6.11. The summed E-state index contributed by atoms with van der Waals surface area (Å²) in [7, 11) is 0. The number of halogens is 1. The number of carbonyl (C=O) groups is 1. The second-order valence-electron chi connectivity index (χ2n) is 3.69. The quantitative estimate of drug-likeness (QED) is 0.866. The third-order valence-corrected chi connectivity index (χ3v) is 3.15. The van der Waals surface area contributed by atoms with E-state index in [0.717, 1.165) is 23.0 Å². The summed E-state index contributed by atoms with van der Waals surface area (Å²) in [6.45, 7) is 0.772. The lowest BCUT2D eigenvalue weighted by molar-refractivity contribution is 0.112. The van der Waals surface area contributed by atoms with Gasteiger partial charge in [0.05, 0.1) is 0 Å². The minimum atomic E-state index is 0.662. The first-order chi connectivity index (χ1) is 8.29. The lowest BCUT2D eigenvalue weighted by atomic mass is 10.2. The van der Waals surface area contributed by atoms with E-state index in [1.165, 1.54) is 5.56 Å². The Labute approximate surface area is 109 Å². The Morgan fingerprint density at radius 3 is 2.53 bits per heavy atom. The van der Waals surface area contributed by atoms with Gasteiger partial charge in [0, 0.05) is 22.3 Å². The smallest absolute Gasteiger partial charge is 0.151 e. The Morgan fingerprint density at radius 1 is 1.12 bits per heavy atom. The number of aldehydes is 1. The molecule has 0 heterocycles. The summed E-state index contributed by atoms with van der Waals surface area (Å²) in [5.74, 6) is 0. The minimum absolute atomic E-state index is 0.662. The van der Waals surface area contributed by atoms with Gasteiger partial charge in [-0.1, -0.05) is 30.3 Å². The van der Waals surface area contributed by atoms with Crippen LogP contribution >= 0.6 is 15.9 Å². The summed E-state index contributed by atoms with van der Waals surface area (Å²) in [6, 6.07) is 15.8.